The first kappa shape index (κ1) is 19.3. The Labute approximate surface area is 148 Å². The number of aryl methyl sites for hydroxylation is 1. The van der Waals surface area contributed by atoms with Crippen molar-refractivity contribution in [2.24, 2.45) is 0 Å². The number of benzene rings is 2. The van der Waals surface area contributed by atoms with Crippen molar-refractivity contribution in [2.45, 2.75) is 12.8 Å². The van der Waals surface area contributed by atoms with Crippen LogP contribution in [0.15, 0.2) is 36.4 Å². The second-order valence-corrected chi connectivity index (χ2v) is 5.40. The van der Waals surface area contributed by atoms with Crippen LogP contribution < -0.4 is 15.4 Å². The van der Waals surface area contributed by atoms with E-state index in [0.29, 0.717) is 18.2 Å². The Morgan fingerprint density at radius 1 is 0.962 bits per heavy atom. The molecule has 0 aromatic heterocycles. The molecule has 0 aliphatic rings. The molecule has 0 saturated heterocycles. The summed E-state index contributed by atoms with van der Waals surface area (Å²) < 4.78 is 44.4. The molecule has 2 aromatic rings. The van der Waals surface area contributed by atoms with Gasteiger partial charge in [0.05, 0.1) is 19.3 Å². The minimum Gasteiger partial charge on any atom is -0.497 e. The summed E-state index contributed by atoms with van der Waals surface area (Å²) in [6.45, 7) is -0.417. The van der Waals surface area contributed by atoms with Crippen molar-refractivity contribution in [1.82, 2.24) is 5.32 Å². The lowest BCUT2D eigenvalue weighted by Crippen LogP contribution is -2.33. The minimum absolute atomic E-state index is 0.152. The Bertz CT molecular complexity index is 795. The van der Waals surface area contributed by atoms with Crippen LogP contribution in [0.2, 0.25) is 0 Å². The zero-order valence-electron chi connectivity index (χ0n) is 13.9. The van der Waals surface area contributed by atoms with E-state index in [2.05, 4.69) is 10.6 Å². The third-order valence-electron chi connectivity index (χ3n) is 3.56. The molecule has 0 bridgehead atoms. The molecule has 0 heterocycles. The smallest absolute Gasteiger partial charge is 0.243 e. The number of anilines is 1. The molecular weight excluding hydrogens is 349 g/mol. The maximum atomic E-state index is 13.5. The van der Waals surface area contributed by atoms with Gasteiger partial charge in [-0.3, -0.25) is 9.59 Å². The van der Waals surface area contributed by atoms with E-state index in [-0.39, 0.29) is 12.3 Å². The number of amides is 2. The molecule has 8 heteroatoms. The van der Waals surface area contributed by atoms with Crippen LogP contribution in [0.4, 0.5) is 18.9 Å². The molecule has 0 aliphatic carbocycles. The normalized spacial score (nSPS) is 10.3. The lowest BCUT2D eigenvalue weighted by atomic mass is 10.1. The van der Waals surface area contributed by atoms with Gasteiger partial charge < -0.3 is 15.4 Å². The molecule has 2 N–H and O–H groups in total. The Morgan fingerprint density at radius 2 is 1.65 bits per heavy atom. The maximum Gasteiger partial charge on any atom is 0.243 e. The van der Waals surface area contributed by atoms with Crippen LogP contribution in [0.25, 0.3) is 0 Å². The topological polar surface area (TPSA) is 67.4 Å². The second kappa shape index (κ2) is 8.89. The fourth-order valence-corrected chi connectivity index (χ4v) is 2.13. The van der Waals surface area contributed by atoms with Crippen LogP contribution >= 0.6 is 0 Å². The van der Waals surface area contributed by atoms with E-state index in [1.165, 1.54) is 0 Å². The monoisotopic (exact) mass is 366 g/mol. The highest BCUT2D eigenvalue weighted by atomic mass is 19.2. The van der Waals surface area contributed by atoms with Gasteiger partial charge >= 0.3 is 0 Å². The lowest BCUT2D eigenvalue weighted by molar-refractivity contribution is -0.124. The van der Waals surface area contributed by atoms with Crippen LogP contribution in [0.1, 0.15) is 12.0 Å². The van der Waals surface area contributed by atoms with Crippen LogP contribution in [-0.2, 0) is 16.0 Å². The number of carbonyl (C=O) groups is 2. The van der Waals surface area contributed by atoms with E-state index in [1.54, 1.807) is 19.2 Å². The minimum atomic E-state index is -1.67. The molecule has 2 amide bonds. The summed E-state index contributed by atoms with van der Waals surface area (Å²) in [6, 6.07) is 8.79. The predicted molar refractivity (Wildman–Crippen MR) is 89.3 cm³/mol. The zero-order chi connectivity index (χ0) is 19.1. The van der Waals surface area contributed by atoms with Crippen molar-refractivity contribution in [3.05, 3.63) is 59.4 Å². The summed E-state index contributed by atoms with van der Waals surface area (Å²) in [4.78, 5) is 23.5. The number of hydrogen-bond acceptors (Lipinski definition) is 3. The van der Waals surface area contributed by atoms with E-state index in [0.717, 1.165) is 11.6 Å². The molecule has 138 valence electrons. The number of nitrogens with one attached hydrogen (secondary N) is 2. The number of methoxy groups -OCH3 is 1. The van der Waals surface area contributed by atoms with Gasteiger partial charge in [-0.1, -0.05) is 12.1 Å². The third-order valence-corrected chi connectivity index (χ3v) is 3.56. The highest BCUT2D eigenvalue weighted by molar-refractivity contribution is 5.94. The van der Waals surface area contributed by atoms with Crippen molar-refractivity contribution in [3.8, 4) is 5.75 Å². The van der Waals surface area contributed by atoms with Crippen molar-refractivity contribution < 1.29 is 27.5 Å². The third kappa shape index (κ3) is 5.23. The molecule has 2 rings (SSSR count). The zero-order valence-corrected chi connectivity index (χ0v) is 13.9. The molecule has 0 saturated carbocycles. The van der Waals surface area contributed by atoms with Crippen molar-refractivity contribution in [2.75, 3.05) is 19.0 Å². The van der Waals surface area contributed by atoms with E-state index in [4.69, 9.17) is 4.74 Å². The van der Waals surface area contributed by atoms with Gasteiger partial charge in [-0.2, -0.15) is 0 Å². The number of hydrogen-bond donors (Lipinski definition) is 2. The molecule has 0 unspecified atom stereocenters. The largest absolute Gasteiger partial charge is 0.497 e. The molecule has 0 spiro atoms. The van der Waals surface area contributed by atoms with Crippen LogP contribution in [0, 0.1) is 17.5 Å². The Balaban J connectivity index is 1.77. The standard InChI is InChI=1S/C18H17F3N2O3/c1-26-12-5-2-11(3-6-12)4-9-15(24)22-10-16(25)23-14-8-7-13(19)17(20)18(14)21/h2-3,5-8H,4,9-10H2,1H3,(H,22,24)(H,23,25). The SMILES string of the molecule is COc1ccc(CCC(=O)NCC(=O)Nc2ccc(F)c(F)c2F)cc1. The maximum absolute atomic E-state index is 13.5. The van der Waals surface area contributed by atoms with Crippen LogP contribution in [0.5, 0.6) is 5.75 Å². The predicted octanol–water partition coefficient (Wildman–Crippen LogP) is 2.80. The summed E-state index contributed by atoms with van der Waals surface area (Å²) in [5.41, 5.74) is 0.427. The first-order chi connectivity index (χ1) is 12.4. The van der Waals surface area contributed by atoms with Gasteiger partial charge in [-0.25, -0.2) is 13.2 Å². The van der Waals surface area contributed by atoms with Gasteiger partial charge in [0, 0.05) is 6.42 Å². The van der Waals surface area contributed by atoms with E-state index in [1.807, 2.05) is 12.1 Å². The fraction of sp³-hybridized carbons (Fsp3) is 0.222. The molecule has 0 aliphatic heterocycles. The summed E-state index contributed by atoms with van der Waals surface area (Å²) in [6.07, 6.45) is 0.619. The van der Waals surface area contributed by atoms with Crippen molar-refractivity contribution in [1.29, 1.82) is 0 Å². The summed E-state index contributed by atoms with van der Waals surface area (Å²) in [7, 11) is 1.56. The van der Waals surface area contributed by atoms with Crippen LogP contribution in [-0.4, -0.2) is 25.5 Å². The van der Waals surface area contributed by atoms with Gasteiger partial charge in [0.25, 0.3) is 0 Å². The average Bonchev–Trinajstić information content (AvgIpc) is 2.65. The fourth-order valence-electron chi connectivity index (χ4n) is 2.13. The second-order valence-electron chi connectivity index (χ2n) is 5.40. The summed E-state index contributed by atoms with van der Waals surface area (Å²) >= 11 is 0. The van der Waals surface area contributed by atoms with E-state index < -0.39 is 35.6 Å². The van der Waals surface area contributed by atoms with E-state index in [9.17, 15) is 22.8 Å². The Hall–Kier alpha value is -3.03. The van der Waals surface area contributed by atoms with Crippen LogP contribution in [0.3, 0.4) is 0 Å². The van der Waals surface area contributed by atoms with Gasteiger partial charge in [0.15, 0.2) is 17.5 Å². The molecule has 0 fully saturated rings. The van der Waals surface area contributed by atoms with E-state index >= 15 is 0 Å². The Morgan fingerprint density at radius 3 is 2.31 bits per heavy atom. The van der Waals surface area contributed by atoms with Gasteiger partial charge in [0.1, 0.15) is 5.75 Å². The lowest BCUT2D eigenvalue weighted by Gasteiger charge is -2.09. The van der Waals surface area contributed by atoms with Gasteiger partial charge in [-0.15, -0.1) is 0 Å². The first-order valence-electron chi connectivity index (χ1n) is 7.73. The van der Waals surface area contributed by atoms with Crippen molar-refractivity contribution in [3.63, 3.8) is 0 Å². The molecule has 2 aromatic carbocycles. The van der Waals surface area contributed by atoms with Gasteiger partial charge in [-0.05, 0) is 36.2 Å². The molecule has 0 radical (unpaired) electrons. The first-order valence-corrected chi connectivity index (χ1v) is 7.73. The average molecular weight is 366 g/mol. The quantitative estimate of drug-likeness (QED) is 0.741. The summed E-state index contributed by atoms with van der Waals surface area (Å²) in [5, 5.41) is 4.45. The molecule has 5 nitrogen and oxygen atoms in total. The molecular formula is C18H17F3N2O3. The molecule has 26 heavy (non-hydrogen) atoms. The highest BCUT2D eigenvalue weighted by Crippen LogP contribution is 2.19. The Kier molecular flexibility index (Phi) is 6.60. The number of halogens is 3. The number of rotatable bonds is 7. The van der Waals surface area contributed by atoms with Crippen molar-refractivity contribution >= 4 is 17.5 Å². The molecule has 0 atom stereocenters. The summed E-state index contributed by atoms with van der Waals surface area (Å²) in [5.74, 6) is -4.95. The number of ether oxygens (including phenoxy) is 1. The number of carbonyl (C=O) groups excluding carboxylic acids is 2. The van der Waals surface area contributed by atoms with Gasteiger partial charge in [0.2, 0.25) is 11.8 Å². The highest BCUT2D eigenvalue weighted by Gasteiger charge is 2.15.